The quantitative estimate of drug-likeness (QED) is 0.755. The molecule has 3 aromatic rings. The van der Waals surface area contributed by atoms with E-state index < -0.39 is 0 Å². The van der Waals surface area contributed by atoms with E-state index in [0.29, 0.717) is 17.8 Å². The Balaban J connectivity index is 1.94. The van der Waals surface area contributed by atoms with Crippen LogP contribution >= 0.6 is 0 Å². The maximum absolute atomic E-state index is 7.84. The molecule has 0 amide bonds. The number of benzene rings is 1. The first-order valence-electron chi connectivity index (χ1n) is 5.86. The van der Waals surface area contributed by atoms with Crippen LogP contribution in [0.3, 0.4) is 0 Å². The lowest BCUT2D eigenvalue weighted by atomic mass is 10.2. The summed E-state index contributed by atoms with van der Waals surface area (Å²) in [5, 5.41) is 7.84. The summed E-state index contributed by atoms with van der Waals surface area (Å²) in [6.07, 6.45) is 3.13. The number of fused-ring (bicyclic) bond motifs is 1. The van der Waals surface area contributed by atoms with E-state index in [1.54, 1.807) is 17.2 Å². The van der Waals surface area contributed by atoms with Gasteiger partial charge in [-0.2, -0.15) is 4.73 Å². The Morgan fingerprint density at radius 2 is 1.95 bits per heavy atom. The van der Waals surface area contributed by atoms with Crippen molar-refractivity contribution in [2.75, 3.05) is 0 Å². The second kappa shape index (κ2) is 4.56. The van der Waals surface area contributed by atoms with E-state index in [1.165, 1.54) is 4.73 Å². The predicted molar refractivity (Wildman–Crippen MR) is 69.1 cm³/mol. The number of rotatable bonds is 3. The summed E-state index contributed by atoms with van der Waals surface area (Å²) < 4.78 is 3.26. The van der Waals surface area contributed by atoms with Crippen molar-refractivity contribution in [1.29, 1.82) is 5.41 Å². The van der Waals surface area contributed by atoms with E-state index in [1.807, 2.05) is 37.4 Å². The summed E-state index contributed by atoms with van der Waals surface area (Å²) in [5.41, 5.74) is 2.46. The van der Waals surface area contributed by atoms with Crippen LogP contribution in [0.2, 0.25) is 0 Å². The van der Waals surface area contributed by atoms with E-state index in [-0.39, 0.29) is 5.49 Å². The van der Waals surface area contributed by atoms with Gasteiger partial charge >= 0.3 is 0 Å². The van der Waals surface area contributed by atoms with Crippen molar-refractivity contribution in [3.63, 3.8) is 0 Å². The number of hydrogen-bond acceptors (Lipinski definition) is 4. The molecule has 0 spiro atoms. The van der Waals surface area contributed by atoms with Gasteiger partial charge in [0.15, 0.2) is 16.7 Å². The first-order chi connectivity index (χ1) is 9.25. The summed E-state index contributed by atoms with van der Waals surface area (Å²) in [4.78, 5) is 13.9. The van der Waals surface area contributed by atoms with Crippen molar-refractivity contribution in [2.45, 2.75) is 6.61 Å². The molecular formula is C13H13N5O. The Bertz CT molecular complexity index is 760. The molecule has 0 saturated carbocycles. The monoisotopic (exact) mass is 255 g/mol. The van der Waals surface area contributed by atoms with Crippen LogP contribution in [-0.2, 0) is 13.7 Å². The Morgan fingerprint density at radius 1 is 1.16 bits per heavy atom. The zero-order chi connectivity index (χ0) is 13.2. The van der Waals surface area contributed by atoms with E-state index in [4.69, 9.17) is 10.2 Å². The fourth-order valence-corrected chi connectivity index (χ4v) is 1.87. The standard InChI is InChI=1S/C13H13N5O/c1-17-8-15-12(14)11-13(17)16-9-18(11)19-7-10-5-3-2-4-6-10/h2-6,8-9,14H,7H2,1H3. The van der Waals surface area contributed by atoms with Gasteiger partial charge in [0.2, 0.25) is 0 Å². The smallest absolute Gasteiger partial charge is 0.177 e. The highest BCUT2D eigenvalue weighted by atomic mass is 16.7. The Labute approximate surface area is 109 Å². The largest absolute Gasteiger partial charge is 0.407 e. The number of hydrogen-bond donors (Lipinski definition) is 1. The van der Waals surface area contributed by atoms with Crippen LogP contribution < -0.4 is 10.3 Å². The molecule has 1 N–H and O–H groups in total. The molecule has 6 heteroatoms. The first-order valence-corrected chi connectivity index (χ1v) is 5.86. The molecule has 0 aliphatic carbocycles. The minimum atomic E-state index is 0.152. The van der Waals surface area contributed by atoms with Gasteiger partial charge in [-0.25, -0.2) is 9.97 Å². The van der Waals surface area contributed by atoms with Crippen LogP contribution in [0.25, 0.3) is 11.2 Å². The normalized spacial score (nSPS) is 10.8. The average Bonchev–Trinajstić information content (AvgIpc) is 2.87. The van der Waals surface area contributed by atoms with Crippen molar-refractivity contribution in [1.82, 2.24) is 19.3 Å². The lowest BCUT2D eigenvalue weighted by molar-refractivity contribution is 0.105. The number of aryl methyl sites for hydroxylation is 1. The maximum atomic E-state index is 7.84. The van der Waals surface area contributed by atoms with Crippen molar-refractivity contribution in [3.05, 3.63) is 54.0 Å². The lowest BCUT2D eigenvalue weighted by Crippen LogP contribution is -2.18. The van der Waals surface area contributed by atoms with Gasteiger partial charge in [-0.05, 0) is 5.56 Å². The Hall–Kier alpha value is -2.63. The van der Waals surface area contributed by atoms with Crippen molar-refractivity contribution >= 4 is 11.2 Å². The Morgan fingerprint density at radius 3 is 2.74 bits per heavy atom. The second-order valence-corrected chi connectivity index (χ2v) is 4.21. The molecule has 0 radical (unpaired) electrons. The molecule has 19 heavy (non-hydrogen) atoms. The molecular weight excluding hydrogens is 242 g/mol. The van der Waals surface area contributed by atoms with Gasteiger partial charge < -0.3 is 9.40 Å². The minimum absolute atomic E-state index is 0.152. The minimum Gasteiger partial charge on any atom is -0.407 e. The summed E-state index contributed by atoms with van der Waals surface area (Å²) >= 11 is 0. The van der Waals surface area contributed by atoms with Gasteiger partial charge in [-0.3, -0.25) is 5.41 Å². The van der Waals surface area contributed by atoms with Crippen molar-refractivity contribution < 1.29 is 4.84 Å². The molecule has 0 fully saturated rings. The van der Waals surface area contributed by atoms with Gasteiger partial charge in [-0.15, -0.1) is 0 Å². The molecule has 0 bridgehead atoms. The highest BCUT2D eigenvalue weighted by Crippen LogP contribution is 2.06. The lowest BCUT2D eigenvalue weighted by Gasteiger charge is -2.07. The van der Waals surface area contributed by atoms with Crippen LogP contribution in [0.15, 0.2) is 43.0 Å². The van der Waals surface area contributed by atoms with Gasteiger partial charge in [0.25, 0.3) is 0 Å². The third kappa shape index (κ3) is 2.08. The SMILES string of the molecule is Cn1cnc(=N)c2c1ncn2OCc1ccccc1. The highest BCUT2D eigenvalue weighted by Gasteiger charge is 2.08. The van der Waals surface area contributed by atoms with E-state index in [2.05, 4.69) is 9.97 Å². The number of nitrogens with one attached hydrogen (secondary N) is 1. The molecule has 6 nitrogen and oxygen atoms in total. The summed E-state index contributed by atoms with van der Waals surface area (Å²) in [6.45, 7) is 0.421. The van der Waals surface area contributed by atoms with Gasteiger partial charge in [-0.1, -0.05) is 30.3 Å². The molecule has 1 aromatic carbocycles. The fourth-order valence-electron chi connectivity index (χ4n) is 1.87. The maximum Gasteiger partial charge on any atom is 0.177 e. The zero-order valence-corrected chi connectivity index (χ0v) is 10.4. The van der Waals surface area contributed by atoms with Crippen LogP contribution in [0, 0.1) is 5.41 Å². The molecule has 96 valence electrons. The number of nitrogens with zero attached hydrogens (tertiary/aromatic N) is 4. The molecule has 0 atom stereocenters. The van der Waals surface area contributed by atoms with Crippen LogP contribution in [0.5, 0.6) is 0 Å². The summed E-state index contributed by atoms with van der Waals surface area (Å²) in [5.74, 6) is 0. The predicted octanol–water partition coefficient (Wildman–Crippen LogP) is 0.878. The third-order valence-electron chi connectivity index (χ3n) is 2.85. The Kier molecular flexibility index (Phi) is 2.75. The molecule has 2 aromatic heterocycles. The van der Waals surface area contributed by atoms with Crippen molar-refractivity contribution in [2.24, 2.45) is 7.05 Å². The summed E-state index contributed by atoms with van der Waals surface area (Å²) in [6, 6.07) is 9.85. The van der Waals surface area contributed by atoms with Gasteiger partial charge in [0, 0.05) is 7.05 Å². The second-order valence-electron chi connectivity index (χ2n) is 4.21. The topological polar surface area (TPSA) is 68.7 Å². The van der Waals surface area contributed by atoms with Crippen LogP contribution in [0.4, 0.5) is 0 Å². The first kappa shape index (κ1) is 11.5. The molecule has 3 rings (SSSR count). The van der Waals surface area contributed by atoms with Crippen LogP contribution in [-0.4, -0.2) is 19.3 Å². The van der Waals surface area contributed by atoms with Gasteiger partial charge in [0.1, 0.15) is 12.9 Å². The highest BCUT2D eigenvalue weighted by molar-refractivity contribution is 5.68. The third-order valence-corrected chi connectivity index (χ3v) is 2.85. The van der Waals surface area contributed by atoms with Crippen molar-refractivity contribution in [3.8, 4) is 0 Å². The molecule has 0 unspecified atom stereocenters. The number of imidazole rings is 1. The average molecular weight is 255 g/mol. The van der Waals surface area contributed by atoms with Gasteiger partial charge in [0.05, 0.1) is 6.33 Å². The van der Waals surface area contributed by atoms with E-state index in [9.17, 15) is 0 Å². The molecule has 0 saturated heterocycles. The van der Waals surface area contributed by atoms with Crippen LogP contribution in [0.1, 0.15) is 5.56 Å². The fraction of sp³-hybridized carbons (Fsp3) is 0.154. The molecule has 0 aliphatic rings. The molecule has 0 aliphatic heterocycles. The number of aromatic nitrogens is 4. The molecule has 2 heterocycles. The van der Waals surface area contributed by atoms with E-state index >= 15 is 0 Å². The van der Waals surface area contributed by atoms with E-state index in [0.717, 1.165) is 5.56 Å². The summed E-state index contributed by atoms with van der Waals surface area (Å²) in [7, 11) is 1.84. The zero-order valence-electron chi connectivity index (χ0n) is 10.4.